The first-order valence-electron chi connectivity index (χ1n) is 5.93. The Hall–Kier alpha value is -1.84. The van der Waals surface area contributed by atoms with Crippen molar-refractivity contribution in [2.75, 3.05) is 0 Å². The molecule has 0 spiro atoms. The van der Waals surface area contributed by atoms with Crippen LogP contribution in [0.5, 0.6) is 0 Å². The van der Waals surface area contributed by atoms with Crippen LogP contribution in [0, 0.1) is 0 Å². The number of aliphatic carboxylic acids is 1. The van der Waals surface area contributed by atoms with Crippen molar-refractivity contribution in [3.63, 3.8) is 0 Å². The van der Waals surface area contributed by atoms with Gasteiger partial charge in [0, 0.05) is 17.0 Å². The molecule has 1 aromatic carbocycles. The predicted octanol–water partition coefficient (Wildman–Crippen LogP) is 2.46. The minimum atomic E-state index is -0.806. The van der Waals surface area contributed by atoms with Gasteiger partial charge in [0.15, 0.2) is 0 Å². The number of H-pyrrole nitrogens is 1. The smallest absolute Gasteiger partial charge is 0.307 e. The highest BCUT2D eigenvalue weighted by molar-refractivity contribution is 5.83. The lowest BCUT2D eigenvalue weighted by molar-refractivity contribution is -0.136. The maximum atomic E-state index is 10.6. The first kappa shape index (κ1) is 10.3. The second-order valence-electron chi connectivity index (χ2n) is 4.69. The van der Waals surface area contributed by atoms with Crippen LogP contribution < -0.4 is 0 Å². The van der Waals surface area contributed by atoms with Crippen molar-refractivity contribution >= 4 is 16.9 Å². The topological polar surface area (TPSA) is 66.0 Å². The Balaban J connectivity index is 1.98. The van der Waals surface area contributed by atoms with Gasteiger partial charge in [-0.25, -0.2) is 0 Å². The summed E-state index contributed by atoms with van der Waals surface area (Å²) >= 11 is 0. The van der Waals surface area contributed by atoms with E-state index < -0.39 is 5.97 Å². The number of hydrogen-bond donors (Lipinski definition) is 2. The lowest BCUT2D eigenvalue weighted by atomic mass is 9.82. The van der Waals surface area contributed by atoms with Gasteiger partial charge in [-0.1, -0.05) is 18.6 Å². The summed E-state index contributed by atoms with van der Waals surface area (Å²) in [6.45, 7) is 0. The molecule has 0 unspecified atom stereocenters. The number of rotatable bonds is 3. The Morgan fingerprint density at radius 2 is 2.29 bits per heavy atom. The summed E-state index contributed by atoms with van der Waals surface area (Å²) in [6, 6.07) is 5.74. The predicted molar refractivity (Wildman–Crippen MR) is 64.0 cm³/mol. The first-order valence-corrected chi connectivity index (χ1v) is 5.93. The summed E-state index contributed by atoms with van der Waals surface area (Å²) in [5.41, 5.74) is 2.90. The zero-order valence-corrected chi connectivity index (χ0v) is 9.44. The number of aromatic amines is 1. The number of hydrogen-bond acceptors (Lipinski definition) is 2. The lowest BCUT2D eigenvalue weighted by Gasteiger charge is -2.24. The summed E-state index contributed by atoms with van der Waals surface area (Å²) in [7, 11) is 0. The van der Waals surface area contributed by atoms with Gasteiger partial charge in [-0.15, -0.1) is 0 Å². The van der Waals surface area contributed by atoms with Gasteiger partial charge >= 0.3 is 5.97 Å². The van der Waals surface area contributed by atoms with Crippen LogP contribution in [-0.2, 0) is 11.2 Å². The maximum Gasteiger partial charge on any atom is 0.307 e. The lowest BCUT2D eigenvalue weighted by Crippen LogP contribution is -2.09. The third-order valence-corrected chi connectivity index (χ3v) is 3.52. The van der Waals surface area contributed by atoms with Gasteiger partial charge in [-0.3, -0.25) is 9.89 Å². The monoisotopic (exact) mass is 230 g/mol. The SMILES string of the molecule is O=C(O)Cc1ccc2c(C3CCC3)[nH]nc2c1. The Morgan fingerprint density at radius 1 is 1.47 bits per heavy atom. The molecule has 1 aromatic heterocycles. The molecule has 0 atom stereocenters. The van der Waals surface area contributed by atoms with E-state index >= 15 is 0 Å². The summed E-state index contributed by atoms with van der Waals surface area (Å²) < 4.78 is 0. The van der Waals surface area contributed by atoms with E-state index in [1.807, 2.05) is 18.2 Å². The molecule has 0 radical (unpaired) electrons. The van der Waals surface area contributed by atoms with E-state index in [2.05, 4.69) is 10.2 Å². The molecule has 1 saturated carbocycles. The Bertz CT molecular complexity index is 570. The molecule has 1 fully saturated rings. The molecule has 88 valence electrons. The molecule has 1 heterocycles. The van der Waals surface area contributed by atoms with Crippen LogP contribution in [0.15, 0.2) is 18.2 Å². The molecule has 2 N–H and O–H groups in total. The van der Waals surface area contributed by atoms with Crippen molar-refractivity contribution in [3.8, 4) is 0 Å². The highest BCUT2D eigenvalue weighted by Gasteiger charge is 2.23. The molecule has 1 aliphatic carbocycles. The number of carboxylic acid groups (broad SMARTS) is 1. The van der Waals surface area contributed by atoms with Crippen LogP contribution in [0.1, 0.15) is 36.4 Å². The number of aromatic nitrogens is 2. The molecular weight excluding hydrogens is 216 g/mol. The maximum absolute atomic E-state index is 10.6. The van der Waals surface area contributed by atoms with E-state index in [4.69, 9.17) is 5.11 Å². The Morgan fingerprint density at radius 3 is 2.94 bits per heavy atom. The molecule has 0 bridgehead atoms. The van der Waals surface area contributed by atoms with Gasteiger partial charge in [0.2, 0.25) is 0 Å². The fourth-order valence-electron chi connectivity index (χ4n) is 2.37. The number of nitrogens with zero attached hydrogens (tertiary/aromatic N) is 1. The summed E-state index contributed by atoms with van der Waals surface area (Å²) in [5, 5.41) is 17.3. The number of benzene rings is 1. The number of carbonyl (C=O) groups is 1. The average molecular weight is 230 g/mol. The minimum Gasteiger partial charge on any atom is -0.481 e. The Labute approximate surface area is 98.6 Å². The number of carboxylic acids is 1. The highest BCUT2D eigenvalue weighted by atomic mass is 16.4. The normalized spacial score (nSPS) is 16.0. The van der Waals surface area contributed by atoms with Crippen molar-refractivity contribution in [1.82, 2.24) is 10.2 Å². The van der Waals surface area contributed by atoms with Crippen molar-refractivity contribution in [1.29, 1.82) is 0 Å². The molecule has 2 aromatic rings. The third-order valence-electron chi connectivity index (χ3n) is 3.52. The van der Waals surface area contributed by atoms with Gasteiger partial charge in [0.05, 0.1) is 11.9 Å². The van der Waals surface area contributed by atoms with Gasteiger partial charge in [-0.05, 0) is 24.5 Å². The van der Waals surface area contributed by atoms with Crippen LogP contribution in [0.25, 0.3) is 10.9 Å². The van der Waals surface area contributed by atoms with Crippen LogP contribution in [0.4, 0.5) is 0 Å². The molecule has 0 saturated heterocycles. The number of fused-ring (bicyclic) bond motifs is 1. The molecule has 4 nitrogen and oxygen atoms in total. The second kappa shape index (κ2) is 3.87. The van der Waals surface area contributed by atoms with Crippen LogP contribution in [-0.4, -0.2) is 21.3 Å². The van der Waals surface area contributed by atoms with Crippen molar-refractivity contribution < 1.29 is 9.90 Å². The van der Waals surface area contributed by atoms with E-state index in [1.54, 1.807) is 0 Å². The van der Waals surface area contributed by atoms with Crippen molar-refractivity contribution in [3.05, 3.63) is 29.5 Å². The van der Waals surface area contributed by atoms with Crippen LogP contribution in [0.2, 0.25) is 0 Å². The molecule has 3 rings (SSSR count). The van der Waals surface area contributed by atoms with Crippen molar-refractivity contribution in [2.24, 2.45) is 0 Å². The first-order chi connectivity index (χ1) is 8.24. The summed E-state index contributed by atoms with van der Waals surface area (Å²) in [4.78, 5) is 10.6. The Kier molecular flexibility index (Phi) is 2.35. The van der Waals surface area contributed by atoms with Crippen molar-refractivity contribution in [2.45, 2.75) is 31.6 Å². The fraction of sp³-hybridized carbons (Fsp3) is 0.385. The van der Waals surface area contributed by atoms with E-state index in [-0.39, 0.29) is 6.42 Å². The largest absolute Gasteiger partial charge is 0.481 e. The van der Waals surface area contributed by atoms with Crippen LogP contribution >= 0.6 is 0 Å². The molecular formula is C13H14N2O2. The molecule has 0 amide bonds. The van der Waals surface area contributed by atoms with E-state index in [9.17, 15) is 4.79 Å². The van der Waals surface area contributed by atoms with Crippen LogP contribution in [0.3, 0.4) is 0 Å². The van der Waals surface area contributed by atoms with E-state index in [0.717, 1.165) is 16.5 Å². The molecule has 1 aliphatic rings. The molecule has 4 heteroatoms. The van der Waals surface area contributed by atoms with Gasteiger partial charge in [0.1, 0.15) is 0 Å². The fourth-order valence-corrected chi connectivity index (χ4v) is 2.37. The second-order valence-corrected chi connectivity index (χ2v) is 4.69. The summed E-state index contributed by atoms with van der Waals surface area (Å²) in [5.74, 6) is -0.190. The van der Waals surface area contributed by atoms with E-state index in [0.29, 0.717) is 5.92 Å². The van der Waals surface area contributed by atoms with Gasteiger partial charge < -0.3 is 5.11 Å². The zero-order chi connectivity index (χ0) is 11.8. The third kappa shape index (κ3) is 1.79. The molecule has 0 aliphatic heterocycles. The highest BCUT2D eigenvalue weighted by Crippen LogP contribution is 2.38. The minimum absolute atomic E-state index is 0.0571. The van der Waals surface area contributed by atoms with E-state index in [1.165, 1.54) is 25.0 Å². The standard InChI is InChI=1S/C13H14N2O2/c16-12(17)7-8-4-5-10-11(6-8)14-15-13(10)9-2-1-3-9/h4-6,9H,1-3,7H2,(H,14,15)(H,16,17). The van der Waals surface area contributed by atoms with Gasteiger partial charge in [-0.2, -0.15) is 5.10 Å². The van der Waals surface area contributed by atoms with Gasteiger partial charge in [0.25, 0.3) is 0 Å². The average Bonchev–Trinajstić information content (AvgIpc) is 2.58. The number of nitrogens with one attached hydrogen (secondary N) is 1. The summed E-state index contributed by atoms with van der Waals surface area (Å²) in [6.07, 6.45) is 3.81. The molecule has 17 heavy (non-hydrogen) atoms. The quantitative estimate of drug-likeness (QED) is 0.851. The zero-order valence-electron chi connectivity index (χ0n) is 9.44.